The molecule has 1 aromatic heterocycles. The van der Waals surface area contributed by atoms with Gasteiger partial charge in [-0.15, -0.1) is 0 Å². The third-order valence-corrected chi connectivity index (χ3v) is 6.09. The summed E-state index contributed by atoms with van der Waals surface area (Å²) in [5, 5.41) is 1.42. The van der Waals surface area contributed by atoms with Crippen LogP contribution in [0.5, 0.6) is 0 Å². The van der Waals surface area contributed by atoms with Crippen LogP contribution in [0.4, 0.5) is 5.69 Å². The second-order valence-electron chi connectivity index (χ2n) is 7.27. The van der Waals surface area contributed by atoms with E-state index < -0.39 is 0 Å². The Labute approximate surface area is 169 Å². The minimum Gasteiger partial charge on any atom is -0.377 e. The number of para-hydroxylation sites is 2. The summed E-state index contributed by atoms with van der Waals surface area (Å²) in [6.45, 7) is 1.34. The molecular formula is C22H25N3O2S. The normalized spacial score (nSPS) is 16.6. The number of anilines is 1. The van der Waals surface area contributed by atoms with Crippen molar-refractivity contribution in [2.24, 2.45) is 0 Å². The lowest BCUT2D eigenvalue weighted by Crippen LogP contribution is -2.28. The maximum absolute atomic E-state index is 13.2. The summed E-state index contributed by atoms with van der Waals surface area (Å²) in [5.74, 6) is 0.755. The Morgan fingerprint density at radius 3 is 2.75 bits per heavy atom. The maximum Gasteiger partial charge on any atom is 0.262 e. The molecule has 1 aliphatic heterocycles. The van der Waals surface area contributed by atoms with E-state index in [-0.39, 0.29) is 11.7 Å². The van der Waals surface area contributed by atoms with E-state index in [2.05, 4.69) is 23.1 Å². The number of benzene rings is 2. The number of hydrogen-bond donors (Lipinski definition) is 0. The zero-order valence-electron chi connectivity index (χ0n) is 16.3. The van der Waals surface area contributed by atoms with Gasteiger partial charge in [0.2, 0.25) is 0 Å². The first-order valence-electron chi connectivity index (χ1n) is 9.62. The van der Waals surface area contributed by atoms with Gasteiger partial charge in [0.15, 0.2) is 5.16 Å². The van der Waals surface area contributed by atoms with Crippen LogP contribution in [0.25, 0.3) is 10.9 Å². The molecule has 28 heavy (non-hydrogen) atoms. The molecule has 2 aromatic carbocycles. The van der Waals surface area contributed by atoms with Gasteiger partial charge in [-0.05, 0) is 36.6 Å². The summed E-state index contributed by atoms with van der Waals surface area (Å²) in [4.78, 5) is 20.1. The Morgan fingerprint density at radius 1 is 1.18 bits per heavy atom. The van der Waals surface area contributed by atoms with Crippen molar-refractivity contribution < 1.29 is 4.74 Å². The predicted octanol–water partition coefficient (Wildman–Crippen LogP) is 3.93. The van der Waals surface area contributed by atoms with Crippen molar-refractivity contribution in [2.75, 3.05) is 25.6 Å². The summed E-state index contributed by atoms with van der Waals surface area (Å²) >= 11 is 1.61. The first-order valence-corrected chi connectivity index (χ1v) is 10.6. The highest BCUT2D eigenvalue weighted by Crippen LogP contribution is 2.28. The highest BCUT2D eigenvalue weighted by atomic mass is 32.2. The van der Waals surface area contributed by atoms with E-state index in [9.17, 15) is 4.79 Å². The van der Waals surface area contributed by atoms with Crippen LogP contribution < -0.4 is 10.5 Å². The highest BCUT2D eigenvalue weighted by molar-refractivity contribution is 7.98. The minimum absolute atomic E-state index is 0.0181. The van der Waals surface area contributed by atoms with Crippen LogP contribution in [0.1, 0.15) is 18.4 Å². The number of rotatable bonds is 6. The average molecular weight is 396 g/mol. The SMILES string of the molecule is CN(C)c1ccccc1CSc1nc2ccccc2c(=O)n1C[C@@H]1CCCO1. The average Bonchev–Trinajstić information content (AvgIpc) is 3.22. The first kappa shape index (κ1) is 19.0. The Kier molecular flexibility index (Phi) is 5.69. The molecule has 0 amide bonds. The summed E-state index contributed by atoms with van der Waals surface area (Å²) < 4.78 is 7.60. The Bertz CT molecular complexity index is 1030. The van der Waals surface area contributed by atoms with Gasteiger partial charge in [0.25, 0.3) is 5.56 Å². The fourth-order valence-corrected chi connectivity index (χ4v) is 4.63. The van der Waals surface area contributed by atoms with E-state index in [1.807, 2.05) is 44.4 Å². The smallest absolute Gasteiger partial charge is 0.262 e. The third-order valence-electron chi connectivity index (χ3n) is 5.07. The Morgan fingerprint density at radius 2 is 1.96 bits per heavy atom. The number of aromatic nitrogens is 2. The molecule has 0 spiro atoms. The molecule has 6 heteroatoms. The van der Waals surface area contributed by atoms with Crippen LogP contribution in [0, 0.1) is 0 Å². The first-order chi connectivity index (χ1) is 13.6. The molecule has 146 valence electrons. The molecule has 4 rings (SSSR count). The van der Waals surface area contributed by atoms with Crippen molar-refractivity contribution in [3.63, 3.8) is 0 Å². The number of nitrogens with zero attached hydrogens (tertiary/aromatic N) is 3. The molecule has 1 atom stereocenters. The Hall–Kier alpha value is -2.31. The topological polar surface area (TPSA) is 47.4 Å². The molecule has 1 fully saturated rings. The van der Waals surface area contributed by atoms with Crippen molar-refractivity contribution in [1.82, 2.24) is 9.55 Å². The van der Waals surface area contributed by atoms with Crippen LogP contribution >= 0.6 is 11.8 Å². The standard InChI is InChI=1S/C22H25N3O2S/c1-24(2)20-12-6-3-8-16(20)15-28-22-23-19-11-5-4-10-18(19)21(26)25(22)14-17-9-7-13-27-17/h3-6,8,10-12,17H,7,9,13-15H2,1-2H3/t17-/m0/s1. The lowest BCUT2D eigenvalue weighted by molar-refractivity contribution is 0.0937. The van der Waals surface area contributed by atoms with Crippen LogP contribution in [-0.4, -0.2) is 36.4 Å². The molecule has 0 bridgehead atoms. The van der Waals surface area contributed by atoms with Gasteiger partial charge in [0.05, 0.1) is 23.6 Å². The molecule has 3 aromatic rings. The number of ether oxygens (including phenoxy) is 1. The van der Waals surface area contributed by atoms with Crippen molar-refractivity contribution in [1.29, 1.82) is 0 Å². The summed E-state index contributed by atoms with van der Waals surface area (Å²) in [6, 6.07) is 15.9. The quantitative estimate of drug-likeness (QED) is 0.467. The van der Waals surface area contributed by atoms with E-state index in [0.717, 1.165) is 35.9 Å². The Balaban J connectivity index is 1.69. The van der Waals surface area contributed by atoms with Crippen LogP contribution in [-0.2, 0) is 17.0 Å². The third kappa shape index (κ3) is 3.93. The molecule has 1 aliphatic rings. The number of thioether (sulfide) groups is 1. The molecule has 0 aliphatic carbocycles. The van der Waals surface area contributed by atoms with Gasteiger partial charge in [-0.25, -0.2) is 4.98 Å². The van der Waals surface area contributed by atoms with Crippen molar-refractivity contribution in [3.05, 3.63) is 64.4 Å². The van der Waals surface area contributed by atoms with Gasteiger partial charge < -0.3 is 9.64 Å². The van der Waals surface area contributed by atoms with E-state index in [4.69, 9.17) is 9.72 Å². The maximum atomic E-state index is 13.2. The zero-order valence-corrected chi connectivity index (χ0v) is 17.1. The fraction of sp³-hybridized carbons (Fsp3) is 0.364. The van der Waals surface area contributed by atoms with Crippen LogP contribution in [0.3, 0.4) is 0 Å². The molecule has 0 unspecified atom stereocenters. The zero-order chi connectivity index (χ0) is 19.5. The van der Waals surface area contributed by atoms with Gasteiger partial charge in [0.1, 0.15) is 0 Å². The van der Waals surface area contributed by atoms with Gasteiger partial charge in [-0.1, -0.05) is 42.1 Å². The van der Waals surface area contributed by atoms with Gasteiger partial charge in [0, 0.05) is 32.1 Å². The van der Waals surface area contributed by atoms with Crippen molar-refractivity contribution in [3.8, 4) is 0 Å². The fourth-order valence-electron chi connectivity index (χ4n) is 3.62. The molecule has 0 N–H and O–H groups in total. The summed E-state index contributed by atoms with van der Waals surface area (Å²) in [7, 11) is 4.09. The van der Waals surface area contributed by atoms with Crippen molar-refractivity contribution >= 4 is 28.4 Å². The predicted molar refractivity (Wildman–Crippen MR) is 115 cm³/mol. The van der Waals surface area contributed by atoms with Crippen LogP contribution in [0.2, 0.25) is 0 Å². The van der Waals surface area contributed by atoms with E-state index >= 15 is 0 Å². The molecule has 0 radical (unpaired) electrons. The number of hydrogen-bond acceptors (Lipinski definition) is 5. The van der Waals surface area contributed by atoms with Crippen LogP contribution in [0.15, 0.2) is 58.5 Å². The molecule has 5 nitrogen and oxygen atoms in total. The summed E-state index contributed by atoms with van der Waals surface area (Å²) in [6.07, 6.45) is 2.14. The monoisotopic (exact) mass is 395 g/mol. The largest absolute Gasteiger partial charge is 0.377 e. The molecule has 1 saturated heterocycles. The summed E-state index contributed by atoms with van der Waals surface area (Å²) in [5.41, 5.74) is 3.18. The molecule has 0 saturated carbocycles. The van der Waals surface area contributed by atoms with E-state index in [0.29, 0.717) is 11.9 Å². The number of fused-ring (bicyclic) bond motifs is 1. The van der Waals surface area contributed by atoms with Gasteiger partial charge in [-0.3, -0.25) is 9.36 Å². The minimum atomic E-state index is 0.0181. The second kappa shape index (κ2) is 8.37. The lowest BCUT2D eigenvalue weighted by Gasteiger charge is -2.19. The second-order valence-corrected chi connectivity index (χ2v) is 8.22. The van der Waals surface area contributed by atoms with Gasteiger partial charge >= 0.3 is 0 Å². The molecular weight excluding hydrogens is 370 g/mol. The van der Waals surface area contributed by atoms with E-state index in [1.165, 1.54) is 11.3 Å². The lowest BCUT2D eigenvalue weighted by atomic mass is 10.2. The van der Waals surface area contributed by atoms with E-state index in [1.54, 1.807) is 16.3 Å². The van der Waals surface area contributed by atoms with Crippen molar-refractivity contribution in [2.45, 2.75) is 36.4 Å². The highest BCUT2D eigenvalue weighted by Gasteiger charge is 2.20. The molecule has 2 heterocycles. The van der Waals surface area contributed by atoms with Gasteiger partial charge in [-0.2, -0.15) is 0 Å².